The molecule has 2 aromatic carbocycles. The minimum atomic E-state index is 0.530. The molecule has 3 nitrogen and oxygen atoms in total. The second-order valence-corrected chi connectivity index (χ2v) is 5.57. The molecule has 0 spiro atoms. The number of H-pyrrole nitrogens is 1. The first-order valence-electron chi connectivity index (χ1n) is 6.09. The number of allylic oxidation sites excluding steroid dienone is 1. The van der Waals surface area contributed by atoms with Crippen molar-refractivity contribution in [2.45, 2.75) is 0 Å². The van der Waals surface area contributed by atoms with Gasteiger partial charge in [0.05, 0.1) is 16.6 Å². The maximum Gasteiger partial charge on any atom is 0.149 e. The summed E-state index contributed by atoms with van der Waals surface area (Å²) in [6, 6.07) is 18.0. The number of imidazole rings is 1. The fourth-order valence-electron chi connectivity index (χ4n) is 1.96. The highest BCUT2D eigenvalue weighted by Gasteiger charge is 2.07. The molecule has 0 amide bonds. The van der Waals surface area contributed by atoms with Crippen molar-refractivity contribution in [3.05, 3.63) is 63.5 Å². The van der Waals surface area contributed by atoms with Gasteiger partial charge in [0.25, 0.3) is 0 Å². The van der Waals surface area contributed by atoms with Crippen LogP contribution < -0.4 is 0 Å². The van der Waals surface area contributed by atoms with Crippen LogP contribution in [-0.4, -0.2) is 9.97 Å². The van der Waals surface area contributed by atoms with Gasteiger partial charge in [0.2, 0.25) is 0 Å². The highest BCUT2D eigenvalue weighted by atomic mass is 127. The van der Waals surface area contributed by atoms with Gasteiger partial charge in [-0.1, -0.05) is 24.3 Å². The van der Waals surface area contributed by atoms with Crippen molar-refractivity contribution in [1.82, 2.24) is 9.97 Å². The average Bonchev–Trinajstić information content (AvgIpc) is 2.90. The van der Waals surface area contributed by atoms with Crippen molar-refractivity contribution < 1.29 is 0 Å². The molecule has 0 aliphatic rings. The quantitative estimate of drug-likeness (QED) is 0.542. The van der Waals surface area contributed by atoms with Gasteiger partial charge < -0.3 is 4.98 Å². The molecule has 1 N–H and O–H groups in total. The molecule has 4 heteroatoms. The van der Waals surface area contributed by atoms with E-state index in [4.69, 9.17) is 0 Å². The van der Waals surface area contributed by atoms with Crippen LogP contribution in [-0.2, 0) is 0 Å². The van der Waals surface area contributed by atoms with E-state index in [0.717, 1.165) is 16.6 Å². The van der Waals surface area contributed by atoms with Crippen molar-refractivity contribution >= 4 is 45.3 Å². The Labute approximate surface area is 130 Å². The van der Waals surface area contributed by atoms with E-state index >= 15 is 0 Å². The van der Waals surface area contributed by atoms with Gasteiger partial charge in [-0.05, 0) is 58.5 Å². The van der Waals surface area contributed by atoms with Crippen LogP contribution in [0.3, 0.4) is 0 Å². The predicted octanol–water partition coefficient (Wildman–Crippen LogP) is 4.23. The molecule has 0 fully saturated rings. The Balaban J connectivity index is 2.05. The molecule has 1 aromatic heterocycles. The van der Waals surface area contributed by atoms with Gasteiger partial charge in [-0.25, -0.2) is 4.98 Å². The first-order valence-corrected chi connectivity index (χ1v) is 7.16. The van der Waals surface area contributed by atoms with Crippen LogP contribution in [0, 0.1) is 14.9 Å². The molecule has 0 aliphatic heterocycles. The second kappa shape index (κ2) is 5.47. The number of nitriles is 1. The van der Waals surface area contributed by atoms with Crippen LogP contribution in [0.1, 0.15) is 11.4 Å². The Kier molecular flexibility index (Phi) is 3.52. The zero-order valence-electron chi connectivity index (χ0n) is 10.5. The molecule has 0 aliphatic carbocycles. The topological polar surface area (TPSA) is 52.5 Å². The first-order chi connectivity index (χ1) is 9.76. The molecule has 20 heavy (non-hydrogen) atoms. The highest BCUT2D eigenvalue weighted by molar-refractivity contribution is 14.1. The van der Waals surface area contributed by atoms with E-state index in [-0.39, 0.29) is 0 Å². The van der Waals surface area contributed by atoms with Crippen molar-refractivity contribution in [3.8, 4) is 6.07 Å². The molecule has 0 bridgehead atoms. The normalized spacial score (nSPS) is 11.5. The van der Waals surface area contributed by atoms with E-state index in [0.29, 0.717) is 11.4 Å². The van der Waals surface area contributed by atoms with Crippen LogP contribution in [0.4, 0.5) is 0 Å². The average molecular weight is 371 g/mol. The van der Waals surface area contributed by atoms with E-state index in [9.17, 15) is 5.26 Å². The van der Waals surface area contributed by atoms with Crippen LogP contribution in [0.2, 0.25) is 0 Å². The van der Waals surface area contributed by atoms with Gasteiger partial charge in [-0.3, -0.25) is 0 Å². The number of hydrogen-bond acceptors (Lipinski definition) is 2. The van der Waals surface area contributed by atoms with Crippen LogP contribution in [0.15, 0.2) is 48.5 Å². The summed E-state index contributed by atoms with van der Waals surface area (Å²) in [4.78, 5) is 7.62. The third-order valence-electron chi connectivity index (χ3n) is 2.95. The maximum atomic E-state index is 9.34. The van der Waals surface area contributed by atoms with E-state index < -0.39 is 0 Å². The van der Waals surface area contributed by atoms with Crippen LogP contribution in [0.5, 0.6) is 0 Å². The summed E-state index contributed by atoms with van der Waals surface area (Å²) in [5, 5.41) is 9.34. The Bertz CT molecular complexity index is 790. The van der Waals surface area contributed by atoms with E-state index in [1.165, 1.54) is 3.57 Å². The van der Waals surface area contributed by atoms with Gasteiger partial charge in [0.1, 0.15) is 11.9 Å². The largest absolute Gasteiger partial charge is 0.337 e. The molecular formula is C16H10IN3. The minimum Gasteiger partial charge on any atom is -0.337 e. The monoisotopic (exact) mass is 371 g/mol. The van der Waals surface area contributed by atoms with Gasteiger partial charge in [-0.15, -0.1) is 0 Å². The fraction of sp³-hybridized carbons (Fsp3) is 0. The van der Waals surface area contributed by atoms with Gasteiger partial charge in [0.15, 0.2) is 0 Å². The number of nitrogens with zero attached hydrogens (tertiary/aromatic N) is 2. The van der Waals surface area contributed by atoms with Crippen molar-refractivity contribution in [2.75, 3.05) is 0 Å². The zero-order valence-corrected chi connectivity index (χ0v) is 12.6. The first kappa shape index (κ1) is 12.9. The lowest BCUT2D eigenvalue weighted by Gasteiger charge is -1.96. The zero-order chi connectivity index (χ0) is 13.9. The number of aromatic nitrogens is 2. The number of nitrogens with one attached hydrogen (secondary N) is 1. The highest BCUT2D eigenvalue weighted by Crippen LogP contribution is 2.19. The van der Waals surface area contributed by atoms with Crippen LogP contribution >= 0.6 is 22.6 Å². The third kappa shape index (κ3) is 2.58. The number of fused-ring (bicyclic) bond motifs is 1. The SMILES string of the molecule is N#CC(=Cc1ccc(I)cc1)c1nc2ccccc2[nH]1. The number of hydrogen-bond donors (Lipinski definition) is 1. The smallest absolute Gasteiger partial charge is 0.149 e. The third-order valence-corrected chi connectivity index (χ3v) is 3.67. The summed E-state index contributed by atoms with van der Waals surface area (Å²) in [5.74, 6) is 0.604. The second-order valence-electron chi connectivity index (χ2n) is 4.32. The van der Waals surface area contributed by atoms with Crippen molar-refractivity contribution in [1.29, 1.82) is 5.26 Å². The van der Waals surface area contributed by atoms with Crippen molar-refractivity contribution in [2.24, 2.45) is 0 Å². The number of rotatable bonds is 2. The Hall–Kier alpha value is -2.13. The van der Waals surface area contributed by atoms with E-state index in [1.54, 1.807) is 0 Å². The molecule has 3 aromatic rings. The fourth-order valence-corrected chi connectivity index (χ4v) is 2.32. The summed E-state index contributed by atoms with van der Waals surface area (Å²) in [5.41, 5.74) is 3.32. The standard InChI is InChI=1S/C16H10IN3/c17-13-7-5-11(6-8-13)9-12(10-18)16-19-14-3-1-2-4-15(14)20-16/h1-9H,(H,19,20). The molecular weight excluding hydrogens is 361 g/mol. The van der Waals surface area contributed by atoms with Crippen molar-refractivity contribution in [3.63, 3.8) is 0 Å². The van der Waals surface area contributed by atoms with Gasteiger partial charge in [-0.2, -0.15) is 5.26 Å². The van der Waals surface area contributed by atoms with Gasteiger partial charge in [0, 0.05) is 3.57 Å². The number of halogens is 1. The lowest BCUT2D eigenvalue weighted by atomic mass is 10.1. The van der Waals surface area contributed by atoms with Crippen LogP contribution in [0.25, 0.3) is 22.7 Å². The minimum absolute atomic E-state index is 0.530. The summed E-state index contributed by atoms with van der Waals surface area (Å²) in [6.45, 7) is 0. The number of aromatic amines is 1. The Morgan fingerprint density at radius 2 is 1.90 bits per heavy atom. The number of para-hydroxylation sites is 2. The van der Waals surface area contributed by atoms with E-state index in [1.807, 2.05) is 54.6 Å². The lowest BCUT2D eigenvalue weighted by molar-refractivity contribution is 1.27. The van der Waals surface area contributed by atoms with Gasteiger partial charge >= 0.3 is 0 Å². The summed E-state index contributed by atoms with van der Waals surface area (Å²) in [6.07, 6.45) is 1.84. The van der Waals surface area contributed by atoms with E-state index in [2.05, 4.69) is 38.6 Å². The summed E-state index contributed by atoms with van der Waals surface area (Å²) >= 11 is 2.26. The predicted molar refractivity (Wildman–Crippen MR) is 88.7 cm³/mol. The molecule has 0 saturated carbocycles. The lowest BCUT2D eigenvalue weighted by Crippen LogP contribution is -1.85. The molecule has 3 rings (SSSR count). The Morgan fingerprint density at radius 3 is 2.60 bits per heavy atom. The molecule has 1 heterocycles. The molecule has 0 unspecified atom stereocenters. The molecule has 96 valence electrons. The molecule has 0 atom stereocenters. The summed E-state index contributed by atoms with van der Waals surface area (Å²) in [7, 11) is 0. The Morgan fingerprint density at radius 1 is 1.15 bits per heavy atom. The maximum absolute atomic E-state index is 9.34. The summed E-state index contributed by atoms with van der Waals surface area (Å²) < 4.78 is 1.17. The molecule has 0 saturated heterocycles. The number of benzene rings is 2. The molecule has 0 radical (unpaired) electrons.